The summed E-state index contributed by atoms with van der Waals surface area (Å²) in [5, 5.41) is 3.07. The Kier molecular flexibility index (Phi) is 7.98. The Morgan fingerprint density at radius 2 is 1.68 bits per heavy atom. The van der Waals surface area contributed by atoms with Crippen LogP contribution < -0.4 is 10.0 Å². The van der Waals surface area contributed by atoms with E-state index in [-0.39, 0.29) is 23.8 Å². The zero-order valence-corrected chi connectivity index (χ0v) is 16.8. The molecule has 0 saturated heterocycles. The Morgan fingerprint density at radius 1 is 1.04 bits per heavy atom. The molecule has 0 fully saturated rings. The van der Waals surface area contributed by atoms with E-state index in [4.69, 9.17) is 16.3 Å². The van der Waals surface area contributed by atoms with Gasteiger partial charge in [0.2, 0.25) is 15.9 Å². The summed E-state index contributed by atoms with van der Waals surface area (Å²) in [7, 11) is -3.71. The van der Waals surface area contributed by atoms with Crippen LogP contribution in [0, 0.1) is 0 Å². The Balaban J connectivity index is 1.82. The van der Waals surface area contributed by atoms with Crippen LogP contribution in [0.3, 0.4) is 0 Å². The lowest BCUT2D eigenvalue weighted by Crippen LogP contribution is -2.27. The van der Waals surface area contributed by atoms with Crippen LogP contribution in [0.1, 0.15) is 30.1 Å². The molecule has 0 saturated carbocycles. The third kappa shape index (κ3) is 6.63. The molecule has 2 N–H and O–H groups in total. The van der Waals surface area contributed by atoms with Gasteiger partial charge in [-0.2, -0.15) is 0 Å². The maximum absolute atomic E-state index is 12.1. The van der Waals surface area contributed by atoms with Crippen molar-refractivity contribution in [1.29, 1.82) is 0 Å². The summed E-state index contributed by atoms with van der Waals surface area (Å²) in [6, 6.07) is 12.0. The lowest BCUT2D eigenvalue weighted by molar-refractivity contribution is -0.116. The fraction of sp³-hybridized carbons (Fsp3) is 0.263. The molecule has 0 unspecified atom stereocenters. The zero-order valence-electron chi connectivity index (χ0n) is 15.3. The fourth-order valence-electron chi connectivity index (χ4n) is 2.19. The van der Waals surface area contributed by atoms with Gasteiger partial charge in [0.15, 0.2) is 0 Å². The Hall–Kier alpha value is -2.42. The number of carbonyl (C=O) groups excluding carboxylic acids is 2. The summed E-state index contributed by atoms with van der Waals surface area (Å²) >= 11 is 5.74. The van der Waals surface area contributed by atoms with Crippen LogP contribution in [-0.2, 0) is 19.6 Å². The highest BCUT2D eigenvalue weighted by atomic mass is 35.5. The molecule has 9 heteroatoms. The molecule has 0 aromatic heterocycles. The van der Waals surface area contributed by atoms with Gasteiger partial charge in [-0.05, 0) is 55.0 Å². The summed E-state index contributed by atoms with van der Waals surface area (Å²) < 4.78 is 31.6. The van der Waals surface area contributed by atoms with E-state index in [1.54, 1.807) is 24.3 Å². The second-order valence-corrected chi connectivity index (χ2v) is 8.07. The minimum Gasteiger partial charge on any atom is -0.462 e. The molecule has 0 spiro atoms. The first-order chi connectivity index (χ1) is 13.3. The number of benzene rings is 2. The van der Waals surface area contributed by atoms with Crippen LogP contribution in [0.5, 0.6) is 0 Å². The van der Waals surface area contributed by atoms with Crippen LogP contribution in [0.25, 0.3) is 0 Å². The first kappa shape index (κ1) is 21.9. The van der Waals surface area contributed by atoms with Crippen LogP contribution in [0.15, 0.2) is 53.4 Å². The minimum absolute atomic E-state index is 0.0485. The number of sulfonamides is 1. The van der Waals surface area contributed by atoms with E-state index < -0.39 is 16.0 Å². The molecule has 2 aromatic rings. The molecule has 0 heterocycles. The van der Waals surface area contributed by atoms with Crippen molar-refractivity contribution in [3.63, 3.8) is 0 Å². The summed E-state index contributed by atoms with van der Waals surface area (Å²) in [6.45, 7) is 2.20. The van der Waals surface area contributed by atoms with E-state index in [1.165, 1.54) is 24.3 Å². The number of ether oxygens (including phenoxy) is 1. The molecule has 2 rings (SSSR count). The molecular weight excluding hydrogens is 404 g/mol. The first-order valence-corrected chi connectivity index (χ1v) is 10.5. The van der Waals surface area contributed by atoms with Gasteiger partial charge in [-0.25, -0.2) is 17.9 Å². The highest BCUT2D eigenvalue weighted by Gasteiger charge is 2.14. The molecule has 2 aromatic carbocycles. The number of anilines is 1. The summed E-state index contributed by atoms with van der Waals surface area (Å²) in [5.41, 5.74) is 0.889. The van der Waals surface area contributed by atoms with Gasteiger partial charge in [-0.1, -0.05) is 18.5 Å². The van der Waals surface area contributed by atoms with Crippen LogP contribution in [-0.4, -0.2) is 33.4 Å². The summed E-state index contributed by atoms with van der Waals surface area (Å²) in [5.74, 6) is -0.781. The largest absolute Gasteiger partial charge is 0.462 e. The van der Waals surface area contributed by atoms with Crippen molar-refractivity contribution in [2.75, 3.05) is 18.5 Å². The predicted molar refractivity (Wildman–Crippen MR) is 107 cm³/mol. The van der Waals surface area contributed by atoms with Gasteiger partial charge in [0.1, 0.15) is 0 Å². The third-order valence-corrected chi connectivity index (χ3v) is 5.34. The van der Waals surface area contributed by atoms with Gasteiger partial charge in [0.25, 0.3) is 0 Å². The normalized spacial score (nSPS) is 11.1. The van der Waals surface area contributed by atoms with E-state index in [9.17, 15) is 18.0 Å². The molecule has 28 heavy (non-hydrogen) atoms. The van der Waals surface area contributed by atoms with E-state index in [0.717, 1.165) is 6.42 Å². The smallest absolute Gasteiger partial charge is 0.338 e. The molecule has 0 bridgehead atoms. The molecular formula is C19H21ClN2O5S. The van der Waals surface area contributed by atoms with E-state index in [1.807, 2.05) is 6.92 Å². The molecule has 0 atom stereocenters. The van der Waals surface area contributed by atoms with E-state index in [2.05, 4.69) is 10.0 Å². The number of nitrogens with one attached hydrogen (secondary N) is 2. The van der Waals surface area contributed by atoms with Crippen LogP contribution >= 0.6 is 11.6 Å². The molecule has 1 amide bonds. The summed E-state index contributed by atoms with van der Waals surface area (Å²) in [6.07, 6.45) is 0.689. The number of halogens is 1. The Labute approximate surface area is 169 Å². The number of hydrogen-bond donors (Lipinski definition) is 2. The molecule has 0 aliphatic heterocycles. The van der Waals surface area contributed by atoms with Gasteiger partial charge in [-0.15, -0.1) is 0 Å². The minimum atomic E-state index is -3.71. The fourth-order valence-corrected chi connectivity index (χ4v) is 3.35. The lowest BCUT2D eigenvalue weighted by atomic mass is 10.2. The Bertz CT molecular complexity index is 912. The van der Waals surface area contributed by atoms with Crippen molar-refractivity contribution >= 4 is 39.2 Å². The monoisotopic (exact) mass is 424 g/mol. The SMILES string of the molecule is CCCOC(=O)c1ccc(NC(=O)CCNS(=O)(=O)c2ccc(Cl)cc2)cc1. The quantitative estimate of drug-likeness (QED) is 0.602. The van der Waals surface area contributed by atoms with Crippen molar-refractivity contribution in [3.05, 3.63) is 59.1 Å². The molecule has 0 aliphatic rings. The third-order valence-electron chi connectivity index (χ3n) is 3.61. The van der Waals surface area contributed by atoms with Gasteiger partial charge >= 0.3 is 5.97 Å². The number of carbonyl (C=O) groups is 2. The summed E-state index contributed by atoms with van der Waals surface area (Å²) in [4.78, 5) is 23.8. The number of hydrogen-bond acceptors (Lipinski definition) is 5. The number of rotatable bonds is 9. The lowest BCUT2D eigenvalue weighted by Gasteiger charge is -2.08. The zero-order chi connectivity index (χ0) is 20.6. The topological polar surface area (TPSA) is 102 Å². The number of amides is 1. The standard InChI is InChI=1S/C19H21ClN2O5S/c1-2-13-27-19(24)14-3-7-16(8-4-14)22-18(23)11-12-21-28(25,26)17-9-5-15(20)6-10-17/h3-10,21H,2,11-13H2,1H3,(H,22,23). The van der Waals surface area contributed by atoms with Crippen LogP contribution in [0.4, 0.5) is 5.69 Å². The van der Waals surface area contributed by atoms with Crippen molar-refractivity contribution in [2.45, 2.75) is 24.7 Å². The average Bonchev–Trinajstić information content (AvgIpc) is 2.67. The van der Waals surface area contributed by atoms with Gasteiger partial charge in [0, 0.05) is 23.7 Å². The van der Waals surface area contributed by atoms with E-state index >= 15 is 0 Å². The highest BCUT2D eigenvalue weighted by molar-refractivity contribution is 7.89. The molecule has 7 nitrogen and oxygen atoms in total. The second kappa shape index (κ2) is 10.2. The van der Waals surface area contributed by atoms with Crippen molar-refractivity contribution in [1.82, 2.24) is 4.72 Å². The van der Waals surface area contributed by atoms with Crippen molar-refractivity contribution < 1.29 is 22.7 Å². The maximum atomic E-state index is 12.1. The maximum Gasteiger partial charge on any atom is 0.338 e. The number of esters is 1. The molecule has 150 valence electrons. The Morgan fingerprint density at radius 3 is 2.29 bits per heavy atom. The average molecular weight is 425 g/mol. The van der Waals surface area contributed by atoms with Gasteiger partial charge in [-0.3, -0.25) is 4.79 Å². The molecule has 0 aliphatic carbocycles. The van der Waals surface area contributed by atoms with Gasteiger partial charge < -0.3 is 10.1 Å². The predicted octanol–water partition coefficient (Wildman–Crippen LogP) is 3.21. The van der Waals surface area contributed by atoms with E-state index in [0.29, 0.717) is 22.9 Å². The molecule has 0 radical (unpaired) electrons. The van der Waals surface area contributed by atoms with Crippen LogP contribution in [0.2, 0.25) is 5.02 Å². The first-order valence-electron chi connectivity index (χ1n) is 8.64. The highest BCUT2D eigenvalue weighted by Crippen LogP contribution is 2.14. The second-order valence-electron chi connectivity index (χ2n) is 5.86. The van der Waals surface area contributed by atoms with Crippen molar-refractivity contribution in [2.24, 2.45) is 0 Å². The van der Waals surface area contributed by atoms with Gasteiger partial charge in [0.05, 0.1) is 17.1 Å². The van der Waals surface area contributed by atoms with Crippen molar-refractivity contribution in [3.8, 4) is 0 Å².